The van der Waals surface area contributed by atoms with Crippen molar-refractivity contribution >= 4 is 16.8 Å². The smallest absolute Gasteiger partial charge is 0.310 e. The van der Waals surface area contributed by atoms with Gasteiger partial charge in [0.15, 0.2) is 5.78 Å². The molecule has 5 heteroatoms. The van der Waals surface area contributed by atoms with Gasteiger partial charge >= 0.3 is 5.69 Å². The number of carbonyl (C=O) groups is 1. The van der Waals surface area contributed by atoms with Gasteiger partial charge in [0, 0.05) is 5.56 Å². The lowest BCUT2D eigenvalue weighted by Crippen LogP contribution is -2.30. The van der Waals surface area contributed by atoms with Crippen molar-refractivity contribution in [2.45, 2.75) is 13.0 Å². The Morgan fingerprint density at radius 1 is 1.31 bits per heavy atom. The van der Waals surface area contributed by atoms with E-state index in [4.69, 9.17) is 0 Å². The minimum atomic E-state index is -0.263. The van der Waals surface area contributed by atoms with Crippen LogP contribution in [0.2, 0.25) is 0 Å². The quantitative estimate of drug-likeness (QED) is 0.663. The fraction of sp³-hybridized carbons (Fsp3) is 0.273. The molecule has 1 aromatic heterocycles. The van der Waals surface area contributed by atoms with E-state index < -0.39 is 0 Å². The molecule has 1 unspecified atom stereocenters. The van der Waals surface area contributed by atoms with Gasteiger partial charge in [-0.25, -0.2) is 4.79 Å². The fourth-order valence-corrected chi connectivity index (χ4v) is 1.57. The van der Waals surface area contributed by atoms with Crippen molar-refractivity contribution in [1.29, 1.82) is 0 Å². The maximum Gasteiger partial charge on any atom is 0.323 e. The Morgan fingerprint density at radius 3 is 2.69 bits per heavy atom. The van der Waals surface area contributed by atoms with E-state index in [2.05, 4.69) is 15.3 Å². The summed E-state index contributed by atoms with van der Waals surface area (Å²) in [6.07, 6.45) is 0. The number of aromatic nitrogens is 2. The van der Waals surface area contributed by atoms with Gasteiger partial charge in [0.25, 0.3) is 0 Å². The van der Waals surface area contributed by atoms with Crippen molar-refractivity contribution in [2.24, 2.45) is 0 Å². The predicted octanol–water partition coefficient (Wildman–Crippen LogP) is 0.647. The Hall–Kier alpha value is -1.88. The molecule has 2 aromatic rings. The van der Waals surface area contributed by atoms with Crippen molar-refractivity contribution in [3.05, 3.63) is 34.2 Å². The molecule has 3 N–H and O–H groups in total. The normalized spacial score (nSPS) is 12.9. The number of hydrogen-bond acceptors (Lipinski definition) is 3. The molecule has 0 aliphatic rings. The van der Waals surface area contributed by atoms with Crippen LogP contribution in [0.25, 0.3) is 11.0 Å². The first-order valence-electron chi connectivity index (χ1n) is 5.05. The van der Waals surface area contributed by atoms with Gasteiger partial charge in [-0.3, -0.25) is 4.79 Å². The molecule has 0 saturated heterocycles. The average molecular weight is 219 g/mol. The monoisotopic (exact) mass is 219 g/mol. The van der Waals surface area contributed by atoms with Crippen LogP contribution in [-0.2, 0) is 0 Å². The molecule has 0 saturated carbocycles. The molecule has 2 rings (SSSR count). The van der Waals surface area contributed by atoms with Crippen molar-refractivity contribution in [1.82, 2.24) is 15.3 Å². The number of Topliss-reactive ketones (excluding diaryl/α,β-unsaturated/α-hetero) is 1. The molecule has 16 heavy (non-hydrogen) atoms. The summed E-state index contributed by atoms with van der Waals surface area (Å²) in [5.74, 6) is 0.00597. The van der Waals surface area contributed by atoms with E-state index in [1.165, 1.54) is 0 Å². The van der Waals surface area contributed by atoms with Gasteiger partial charge in [0.1, 0.15) is 0 Å². The van der Waals surface area contributed by atoms with Gasteiger partial charge < -0.3 is 15.3 Å². The zero-order chi connectivity index (χ0) is 11.7. The van der Waals surface area contributed by atoms with E-state index in [1.54, 1.807) is 32.2 Å². The van der Waals surface area contributed by atoms with E-state index in [0.29, 0.717) is 16.6 Å². The highest BCUT2D eigenvalue weighted by atomic mass is 16.1. The van der Waals surface area contributed by atoms with Crippen LogP contribution in [0.1, 0.15) is 17.3 Å². The number of rotatable bonds is 3. The number of ketones is 1. The van der Waals surface area contributed by atoms with Crippen molar-refractivity contribution in [2.75, 3.05) is 7.05 Å². The SMILES string of the molecule is CNC(C)C(=O)c1ccc2[nH]c(=O)[nH]c2c1. The topological polar surface area (TPSA) is 77.8 Å². The second-order valence-electron chi connectivity index (χ2n) is 3.71. The Labute approximate surface area is 91.9 Å². The Kier molecular flexibility index (Phi) is 2.62. The third-order valence-electron chi connectivity index (χ3n) is 2.63. The van der Waals surface area contributed by atoms with Crippen LogP contribution in [-0.4, -0.2) is 28.8 Å². The predicted molar refractivity (Wildman–Crippen MR) is 61.8 cm³/mol. The molecule has 84 valence electrons. The van der Waals surface area contributed by atoms with E-state index in [9.17, 15) is 9.59 Å². The lowest BCUT2D eigenvalue weighted by molar-refractivity contribution is 0.0955. The first-order chi connectivity index (χ1) is 7.61. The second-order valence-corrected chi connectivity index (χ2v) is 3.71. The van der Waals surface area contributed by atoms with Gasteiger partial charge in [-0.1, -0.05) is 0 Å². The first-order valence-corrected chi connectivity index (χ1v) is 5.05. The molecular formula is C11H13N3O2. The molecular weight excluding hydrogens is 206 g/mol. The molecule has 0 spiro atoms. The van der Waals surface area contributed by atoms with Crippen LogP contribution in [0.4, 0.5) is 0 Å². The van der Waals surface area contributed by atoms with Crippen LogP contribution in [0.5, 0.6) is 0 Å². The summed E-state index contributed by atoms with van der Waals surface area (Å²) in [5.41, 5.74) is 1.68. The highest BCUT2D eigenvalue weighted by Gasteiger charge is 2.13. The minimum Gasteiger partial charge on any atom is -0.310 e. The molecule has 0 fully saturated rings. The molecule has 0 aliphatic heterocycles. The van der Waals surface area contributed by atoms with Crippen molar-refractivity contribution < 1.29 is 4.79 Å². The molecule has 1 heterocycles. The summed E-state index contributed by atoms with van der Waals surface area (Å²) < 4.78 is 0. The van der Waals surface area contributed by atoms with Crippen LogP contribution in [0.3, 0.4) is 0 Å². The van der Waals surface area contributed by atoms with E-state index in [0.717, 1.165) is 0 Å². The molecule has 0 bridgehead atoms. The molecule has 0 aliphatic carbocycles. The zero-order valence-electron chi connectivity index (χ0n) is 9.13. The second kappa shape index (κ2) is 3.94. The molecule has 0 radical (unpaired) electrons. The highest BCUT2D eigenvalue weighted by Crippen LogP contribution is 2.11. The number of carbonyl (C=O) groups excluding carboxylic acids is 1. The zero-order valence-corrected chi connectivity index (χ0v) is 9.13. The first kappa shape index (κ1) is 10.6. The van der Waals surface area contributed by atoms with Crippen LogP contribution < -0.4 is 11.0 Å². The molecule has 1 atom stereocenters. The number of hydrogen-bond donors (Lipinski definition) is 3. The fourth-order valence-electron chi connectivity index (χ4n) is 1.57. The lowest BCUT2D eigenvalue weighted by atomic mass is 10.1. The van der Waals surface area contributed by atoms with E-state index in [1.807, 2.05) is 0 Å². The number of H-pyrrole nitrogens is 2. The van der Waals surface area contributed by atoms with Crippen molar-refractivity contribution in [3.8, 4) is 0 Å². The van der Waals surface area contributed by atoms with Gasteiger partial charge in [0.2, 0.25) is 0 Å². The third kappa shape index (κ3) is 1.77. The highest BCUT2D eigenvalue weighted by molar-refractivity contribution is 6.02. The Bertz CT molecular complexity index is 582. The Morgan fingerprint density at radius 2 is 2.00 bits per heavy atom. The average Bonchev–Trinajstić information content (AvgIpc) is 2.65. The largest absolute Gasteiger partial charge is 0.323 e. The van der Waals surface area contributed by atoms with Crippen LogP contribution >= 0.6 is 0 Å². The standard InChI is InChI=1S/C11H13N3O2/c1-6(12-2)10(15)7-3-4-8-9(5-7)14-11(16)13-8/h3-6,12H,1-2H3,(H2,13,14,16). The lowest BCUT2D eigenvalue weighted by Gasteiger charge is -2.08. The number of likely N-dealkylation sites (N-methyl/N-ethyl adjacent to an activating group) is 1. The summed E-state index contributed by atoms with van der Waals surface area (Å²) in [4.78, 5) is 28.2. The third-order valence-corrected chi connectivity index (χ3v) is 2.63. The maximum absolute atomic E-state index is 11.9. The van der Waals surface area contributed by atoms with Crippen LogP contribution in [0, 0.1) is 0 Å². The van der Waals surface area contributed by atoms with Gasteiger partial charge in [0.05, 0.1) is 17.1 Å². The summed E-state index contributed by atoms with van der Waals surface area (Å²) in [6, 6.07) is 4.89. The summed E-state index contributed by atoms with van der Waals surface area (Å²) in [6.45, 7) is 1.80. The van der Waals surface area contributed by atoms with Gasteiger partial charge in [-0.05, 0) is 32.2 Å². The number of imidazole rings is 1. The Balaban J connectivity index is 2.46. The van der Waals surface area contributed by atoms with Crippen LogP contribution in [0.15, 0.2) is 23.0 Å². The minimum absolute atomic E-state index is 0.00597. The number of benzene rings is 1. The van der Waals surface area contributed by atoms with Crippen molar-refractivity contribution in [3.63, 3.8) is 0 Å². The van der Waals surface area contributed by atoms with Gasteiger partial charge in [-0.15, -0.1) is 0 Å². The number of fused-ring (bicyclic) bond motifs is 1. The molecule has 0 amide bonds. The van der Waals surface area contributed by atoms with Gasteiger partial charge in [-0.2, -0.15) is 0 Å². The summed E-state index contributed by atoms with van der Waals surface area (Å²) in [5, 5.41) is 2.89. The molecule has 1 aromatic carbocycles. The number of nitrogens with one attached hydrogen (secondary N) is 3. The number of aromatic amines is 2. The van der Waals surface area contributed by atoms with E-state index in [-0.39, 0.29) is 17.5 Å². The van der Waals surface area contributed by atoms with E-state index >= 15 is 0 Å². The summed E-state index contributed by atoms with van der Waals surface area (Å²) >= 11 is 0. The summed E-state index contributed by atoms with van der Waals surface area (Å²) in [7, 11) is 1.74. The maximum atomic E-state index is 11.9. The molecule has 5 nitrogen and oxygen atoms in total.